The van der Waals surface area contributed by atoms with Crippen molar-refractivity contribution in [2.75, 3.05) is 0 Å². The van der Waals surface area contributed by atoms with E-state index in [1.165, 1.54) is 0 Å². The lowest BCUT2D eigenvalue weighted by Crippen LogP contribution is -2.27. The third kappa shape index (κ3) is 3.29. The molecule has 0 saturated heterocycles. The van der Waals surface area contributed by atoms with Crippen LogP contribution in [0.5, 0.6) is 0 Å². The van der Waals surface area contributed by atoms with Gasteiger partial charge in [-0.3, -0.25) is 4.79 Å². The van der Waals surface area contributed by atoms with E-state index in [4.69, 9.17) is 46.4 Å². The Hall–Kier alpha value is 0.830. The Kier molecular flexibility index (Phi) is 4.34. The first-order valence-corrected chi connectivity index (χ1v) is 4.21. The zero-order valence-electron chi connectivity index (χ0n) is 5.20. The Balaban J connectivity index is 4.09. The maximum absolute atomic E-state index is 10.9. The van der Waals surface area contributed by atoms with Crippen molar-refractivity contribution in [3.8, 4) is 0 Å². The second-order valence-electron chi connectivity index (χ2n) is 1.74. The molecule has 0 aliphatic carbocycles. The second kappa shape index (κ2) is 4.01. The molecule has 1 nitrogen and oxygen atoms in total. The fraction of sp³-hybridized carbons (Fsp3) is 0.800. The van der Waals surface area contributed by atoms with Crippen LogP contribution in [0.25, 0.3) is 0 Å². The van der Waals surface area contributed by atoms with Gasteiger partial charge in [-0.1, -0.05) is 41.7 Å². The summed E-state index contributed by atoms with van der Waals surface area (Å²) in [6.45, 7) is 1.74. The van der Waals surface area contributed by atoms with Crippen LogP contribution in [0.3, 0.4) is 0 Å². The van der Waals surface area contributed by atoms with Gasteiger partial charge in [-0.15, -0.1) is 11.6 Å². The Bertz CT molecular complexity index is 128. The van der Waals surface area contributed by atoms with E-state index in [2.05, 4.69) is 0 Å². The zero-order valence-corrected chi connectivity index (χ0v) is 8.23. The Morgan fingerprint density at radius 1 is 1.50 bits per heavy atom. The molecule has 0 aromatic rings. The second-order valence-corrected chi connectivity index (χ2v) is 4.55. The number of ketones is 1. The van der Waals surface area contributed by atoms with Crippen LogP contribution in [0.4, 0.5) is 0 Å². The molecule has 10 heavy (non-hydrogen) atoms. The maximum atomic E-state index is 10.9. The van der Waals surface area contributed by atoms with E-state index >= 15 is 0 Å². The summed E-state index contributed by atoms with van der Waals surface area (Å²) in [5, 5.41) is -0.701. The summed E-state index contributed by atoms with van der Waals surface area (Å²) in [7, 11) is 0. The van der Waals surface area contributed by atoms with Crippen LogP contribution >= 0.6 is 46.4 Å². The number of carbonyl (C=O) groups excluding carboxylic acids is 1. The van der Waals surface area contributed by atoms with Gasteiger partial charge < -0.3 is 0 Å². The summed E-state index contributed by atoms with van der Waals surface area (Å²) in [6, 6.07) is 0. The van der Waals surface area contributed by atoms with Crippen molar-refractivity contribution in [1.82, 2.24) is 0 Å². The summed E-state index contributed by atoms with van der Waals surface area (Å²) in [4.78, 5) is 10.9. The molecule has 0 N–H and O–H groups in total. The molecule has 1 atom stereocenters. The van der Waals surface area contributed by atoms with Crippen molar-refractivity contribution >= 4 is 52.2 Å². The summed E-state index contributed by atoms with van der Waals surface area (Å²) < 4.78 is -1.87. The normalized spacial score (nSPS) is 14.9. The molecule has 1 unspecified atom stereocenters. The molecule has 60 valence electrons. The molecule has 0 fully saturated rings. The first kappa shape index (κ1) is 10.8. The van der Waals surface area contributed by atoms with Crippen molar-refractivity contribution in [3.63, 3.8) is 0 Å². The highest BCUT2D eigenvalue weighted by Crippen LogP contribution is 2.30. The third-order valence-electron chi connectivity index (χ3n) is 0.922. The monoisotopic (exact) mass is 222 g/mol. The van der Waals surface area contributed by atoms with Gasteiger partial charge in [0.1, 0.15) is 0 Å². The minimum atomic E-state index is -1.87. The topological polar surface area (TPSA) is 17.1 Å². The predicted octanol–water partition coefficient (Wildman–Crippen LogP) is 2.94. The van der Waals surface area contributed by atoms with Crippen LogP contribution in [0, 0.1) is 0 Å². The molecular weight excluding hydrogens is 218 g/mol. The highest BCUT2D eigenvalue weighted by Gasteiger charge is 2.34. The Labute approximate surface area is 79.6 Å². The zero-order chi connectivity index (χ0) is 8.36. The molecule has 0 saturated carbocycles. The number of halogens is 4. The van der Waals surface area contributed by atoms with Crippen LogP contribution in [0.1, 0.15) is 13.3 Å². The van der Waals surface area contributed by atoms with Gasteiger partial charge in [0.25, 0.3) is 0 Å². The van der Waals surface area contributed by atoms with Gasteiger partial charge in [0.15, 0.2) is 0 Å². The molecule has 0 rings (SSSR count). The number of hydrogen-bond acceptors (Lipinski definition) is 1. The Morgan fingerprint density at radius 3 is 2.00 bits per heavy atom. The van der Waals surface area contributed by atoms with Crippen molar-refractivity contribution in [1.29, 1.82) is 0 Å². The molecule has 0 aromatic carbocycles. The summed E-state index contributed by atoms with van der Waals surface area (Å²) in [5.74, 6) is -0.568. The molecule has 0 bridgehead atoms. The molecule has 5 heteroatoms. The van der Waals surface area contributed by atoms with E-state index < -0.39 is 15.0 Å². The molecule has 0 amide bonds. The fourth-order valence-corrected chi connectivity index (χ4v) is 1.09. The third-order valence-corrected chi connectivity index (χ3v) is 1.99. The maximum Gasteiger partial charge on any atom is 0.250 e. The van der Waals surface area contributed by atoms with Gasteiger partial charge in [0.2, 0.25) is 9.58 Å². The minimum Gasteiger partial charge on any atom is -0.293 e. The Morgan fingerprint density at radius 2 is 1.90 bits per heavy atom. The number of rotatable bonds is 2. The quantitative estimate of drug-likeness (QED) is 0.659. The van der Waals surface area contributed by atoms with E-state index in [0.29, 0.717) is 6.42 Å². The smallest absolute Gasteiger partial charge is 0.250 e. The summed E-state index contributed by atoms with van der Waals surface area (Å²) in [6.07, 6.45) is 0.467. The molecule has 0 spiro atoms. The lowest BCUT2D eigenvalue weighted by atomic mass is 10.2. The van der Waals surface area contributed by atoms with Gasteiger partial charge in [0, 0.05) is 0 Å². The molecule has 0 aliphatic rings. The van der Waals surface area contributed by atoms with Crippen LogP contribution in [0.2, 0.25) is 0 Å². The van der Waals surface area contributed by atoms with Crippen LogP contribution in [-0.2, 0) is 4.79 Å². The van der Waals surface area contributed by atoms with Crippen molar-refractivity contribution in [3.05, 3.63) is 0 Å². The average molecular weight is 224 g/mol. The van der Waals surface area contributed by atoms with E-state index in [9.17, 15) is 4.79 Å². The van der Waals surface area contributed by atoms with Crippen molar-refractivity contribution in [2.24, 2.45) is 0 Å². The number of carbonyl (C=O) groups is 1. The number of alkyl halides is 4. The van der Waals surface area contributed by atoms with Gasteiger partial charge in [-0.2, -0.15) is 0 Å². The molecule has 0 heterocycles. The highest BCUT2D eigenvalue weighted by molar-refractivity contribution is 6.77. The van der Waals surface area contributed by atoms with Crippen molar-refractivity contribution in [2.45, 2.75) is 22.5 Å². The van der Waals surface area contributed by atoms with E-state index in [1.807, 2.05) is 0 Å². The molecular formula is C5H6Cl4O. The van der Waals surface area contributed by atoms with E-state index in [1.54, 1.807) is 6.92 Å². The standard InChI is InChI=1S/C5H6Cl4O/c1-2-3(6)4(10)5(7,8)9/h3H,2H2,1H3. The lowest BCUT2D eigenvalue weighted by molar-refractivity contribution is -0.117. The van der Waals surface area contributed by atoms with E-state index in [0.717, 1.165) is 0 Å². The number of hydrogen-bond donors (Lipinski definition) is 0. The lowest BCUT2D eigenvalue weighted by Gasteiger charge is -2.11. The largest absolute Gasteiger partial charge is 0.293 e. The average Bonchev–Trinajstić information content (AvgIpc) is 1.83. The highest BCUT2D eigenvalue weighted by atomic mass is 35.6. The number of Topliss-reactive ketones (excluding diaryl/α,β-unsaturated/α-hetero) is 1. The van der Waals surface area contributed by atoms with Crippen LogP contribution < -0.4 is 0 Å². The molecule has 0 aromatic heterocycles. The summed E-state index contributed by atoms with van der Waals surface area (Å²) in [5.41, 5.74) is 0. The first-order chi connectivity index (χ1) is 4.39. The van der Waals surface area contributed by atoms with Crippen LogP contribution in [-0.4, -0.2) is 15.0 Å². The SMILES string of the molecule is CCC(Cl)C(=O)C(Cl)(Cl)Cl. The summed E-state index contributed by atoms with van der Waals surface area (Å²) >= 11 is 21.3. The molecule has 0 radical (unpaired) electrons. The molecule has 0 aliphatic heterocycles. The fourth-order valence-electron chi connectivity index (χ4n) is 0.363. The van der Waals surface area contributed by atoms with Crippen molar-refractivity contribution < 1.29 is 4.79 Å². The van der Waals surface area contributed by atoms with Crippen LogP contribution in [0.15, 0.2) is 0 Å². The van der Waals surface area contributed by atoms with E-state index in [-0.39, 0.29) is 0 Å². The minimum absolute atomic E-state index is 0.467. The van der Waals surface area contributed by atoms with Gasteiger partial charge in [-0.25, -0.2) is 0 Å². The van der Waals surface area contributed by atoms with Gasteiger partial charge in [0.05, 0.1) is 5.38 Å². The first-order valence-electron chi connectivity index (χ1n) is 2.64. The predicted molar refractivity (Wildman–Crippen MR) is 45.2 cm³/mol. The van der Waals surface area contributed by atoms with Gasteiger partial charge in [-0.05, 0) is 6.42 Å². The van der Waals surface area contributed by atoms with Gasteiger partial charge >= 0.3 is 0 Å².